The minimum absolute atomic E-state index is 0. The van der Waals surface area contributed by atoms with Gasteiger partial charge in [0.2, 0.25) is 0 Å². The second kappa shape index (κ2) is 9.20. The standard InChI is InChI=1S/C17H19N3S2.2ClH/c1-2-16-19-11-14-10-15(22-17(3-1)20(14)16)6-9-21-12-13-4-7-18-8-5-13;;/h1-3,6,9-11,13,18H,4-5,7-8,12H2;2*1H/b9-6+;;. The van der Waals surface area contributed by atoms with E-state index in [2.05, 4.69) is 50.5 Å². The van der Waals surface area contributed by atoms with Crippen LogP contribution in [0.5, 0.6) is 0 Å². The molecule has 2 aliphatic heterocycles. The van der Waals surface area contributed by atoms with Crippen molar-refractivity contribution in [3.63, 3.8) is 0 Å². The molecule has 2 aromatic heterocycles. The Balaban J connectivity index is 0.00000104. The summed E-state index contributed by atoms with van der Waals surface area (Å²) >= 11 is 3.76. The molecule has 1 fully saturated rings. The lowest BCUT2D eigenvalue weighted by Gasteiger charge is -2.21. The summed E-state index contributed by atoms with van der Waals surface area (Å²) in [5.74, 6) is 2.11. The van der Waals surface area contributed by atoms with Gasteiger partial charge in [-0.25, -0.2) is 4.98 Å². The number of nitrogens with one attached hydrogen (secondary N) is 1. The highest BCUT2D eigenvalue weighted by atomic mass is 35.5. The molecule has 0 unspecified atom stereocenters. The number of pyridine rings is 1. The third-order valence-electron chi connectivity index (χ3n) is 4.15. The second-order valence-electron chi connectivity index (χ2n) is 5.72. The number of imidazole rings is 1. The molecule has 0 aromatic carbocycles. The maximum atomic E-state index is 4.45. The summed E-state index contributed by atoms with van der Waals surface area (Å²) in [6.07, 6.45) is 9.05. The van der Waals surface area contributed by atoms with Crippen LogP contribution in [0.3, 0.4) is 0 Å². The summed E-state index contributed by atoms with van der Waals surface area (Å²) in [5.41, 5.74) is 2.20. The van der Waals surface area contributed by atoms with E-state index in [1.54, 1.807) is 0 Å². The highest BCUT2D eigenvalue weighted by Gasteiger charge is 2.14. The summed E-state index contributed by atoms with van der Waals surface area (Å²) in [4.78, 5) is 5.74. The Bertz CT molecular complexity index is 737. The van der Waals surface area contributed by atoms with Crippen molar-refractivity contribution in [2.45, 2.75) is 17.9 Å². The molecule has 24 heavy (non-hydrogen) atoms. The van der Waals surface area contributed by atoms with Gasteiger partial charge in [0.05, 0.1) is 16.9 Å². The van der Waals surface area contributed by atoms with Gasteiger partial charge in [0.1, 0.15) is 5.65 Å². The third-order valence-corrected chi connectivity index (χ3v) is 6.16. The Morgan fingerprint density at radius 2 is 2.12 bits per heavy atom. The van der Waals surface area contributed by atoms with Crippen LogP contribution in [-0.4, -0.2) is 28.2 Å². The molecule has 2 aromatic rings. The van der Waals surface area contributed by atoms with Crippen molar-refractivity contribution in [2.24, 2.45) is 5.92 Å². The minimum Gasteiger partial charge on any atom is -0.317 e. The molecule has 0 spiro atoms. The third kappa shape index (κ3) is 4.33. The molecule has 1 N–H and O–H groups in total. The van der Waals surface area contributed by atoms with Crippen LogP contribution in [0, 0.1) is 5.92 Å². The smallest absolute Gasteiger partial charge is 0.138 e. The van der Waals surface area contributed by atoms with Crippen LogP contribution in [-0.2, 0) is 0 Å². The molecule has 130 valence electrons. The number of piperidine rings is 1. The van der Waals surface area contributed by atoms with E-state index >= 15 is 0 Å². The SMILES string of the molecule is C1=C(/C=C/SCC2CCNCC2)Sc2cccc3ncc1n23.Cl.Cl. The second-order valence-corrected chi connectivity index (χ2v) is 7.75. The Kier molecular flexibility index (Phi) is 7.57. The van der Waals surface area contributed by atoms with E-state index in [-0.39, 0.29) is 24.8 Å². The molecule has 4 heterocycles. The van der Waals surface area contributed by atoms with E-state index in [1.807, 2.05) is 29.7 Å². The number of rotatable bonds is 4. The molecule has 4 rings (SSSR count). The zero-order valence-corrected chi connectivity index (χ0v) is 16.4. The van der Waals surface area contributed by atoms with Crippen molar-refractivity contribution in [1.82, 2.24) is 14.7 Å². The predicted molar refractivity (Wildman–Crippen MR) is 111 cm³/mol. The van der Waals surface area contributed by atoms with Crippen LogP contribution >= 0.6 is 48.3 Å². The summed E-state index contributed by atoms with van der Waals surface area (Å²) in [7, 11) is 0. The van der Waals surface area contributed by atoms with E-state index in [0.29, 0.717) is 0 Å². The number of aromatic nitrogens is 2. The van der Waals surface area contributed by atoms with E-state index in [4.69, 9.17) is 0 Å². The van der Waals surface area contributed by atoms with Gasteiger partial charge in [-0.3, -0.25) is 4.40 Å². The molecular weight excluding hydrogens is 381 g/mol. The maximum absolute atomic E-state index is 4.45. The van der Waals surface area contributed by atoms with Crippen LogP contribution < -0.4 is 5.32 Å². The molecule has 0 bridgehead atoms. The fraction of sp³-hybridized carbons (Fsp3) is 0.353. The van der Waals surface area contributed by atoms with Gasteiger partial charge in [0.25, 0.3) is 0 Å². The zero-order valence-electron chi connectivity index (χ0n) is 13.2. The first kappa shape index (κ1) is 19.7. The first-order valence-electron chi connectivity index (χ1n) is 7.75. The number of hydrogen-bond acceptors (Lipinski definition) is 4. The Morgan fingerprint density at radius 1 is 1.29 bits per heavy atom. The van der Waals surface area contributed by atoms with Crippen molar-refractivity contribution in [3.05, 3.63) is 46.5 Å². The summed E-state index contributed by atoms with van der Waals surface area (Å²) < 4.78 is 2.21. The highest BCUT2D eigenvalue weighted by Crippen LogP contribution is 2.35. The van der Waals surface area contributed by atoms with Crippen molar-refractivity contribution in [1.29, 1.82) is 0 Å². The lowest BCUT2D eigenvalue weighted by atomic mass is 10.0. The van der Waals surface area contributed by atoms with Crippen molar-refractivity contribution in [3.8, 4) is 0 Å². The van der Waals surface area contributed by atoms with E-state index in [0.717, 1.165) is 11.6 Å². The van der Waals surface area contributed by atoms with Crippen LogP contribution in [0.15, 0.2) is 45.8 Å². The van der Waals surface area contributed by atoms with Gasteiger partial charge in [-0.15, -0.1) is 36.6 Å². The summed E-state index contributed by atoms with van der Waals surface area (Å²) in [6, 6.07) is 6.29. The van der Waals surface area contributed by atoms with Gasteiger partial charge >= 0.3 is 0 Å². The lowest BCUT2D eigenvalue weighted by Crippen LogP contribution is -2.28. The van der Waals surface area contributed by atoms with Gasteiger partial charge in [0.15, 0.2) is 0 Å². The molecular formula is C17H21Cl2N3S2. The largest absolute Gasteiger partial charge is 0.317 e. The molecule has 0 radical (unpaired) electrons. The number of hydrogen-bond donors (Lipinski definition) is 1. The van der Waals surface area contributed by atoms with Gasteiger partial charge in [-0.1, -0.05) is 17.8 Å². The van der Waals surface area contributed by atoms with Gasteiger partial charge in [-0.05, 0) is 61.5 Å². The molecule has 7 heteroatoms. The van der Waals surface area contributed by atoms with E-state index < -0.39 is 0 Å². The quantitative estimate of drug-likeness (QED) is 0.790. The first-order valence-corrected chi connectivity index (χ1v) is 9.61. The molecule has 3 nitrogen and oxygen atoms in total. The van der Waals surface area contributed by atoms with Gasteiger partial charge in [0, 0.05) is 10.7 Å². The number of allylic oxidation sites excluding steroid dienone is 1. The average molecular weight is 402 g/mol. The van der Waals surface area contributed by atoms with Gasteiger partial charge in [-0.2, -0.15) is 0 Å². The monoisotopic (exact) mass is 401 g/mol. The summed E-state index contributed by atoms with van der Waals surface area (Å²) in [6.45, 7) is 2.37. The fourth-order valence-corrected chi connectivity index (χ4v) is 4.98. The minimum atomic E-state index is 0. The van der Waals surface area contributed by atoms with E-state index in [9.17, 15) is 0 Å². The fourth-order valence-electron chi connectivity index (χ4n) is 2.94. The maximum Gasteiger partial charge on any atom is 0.138 e. The lowest BCUT2D eigenvalue weighted by molar-refractivity contribution is 0.408. The molecule has 2 aliphatic rings. The first-order chi connectivity index (χ1) is 10.9. The Hall–Kier alpha value is -0.590. The van der Waals surface area contributed by atoms with Crippen LogP contribution in [0.2, 0.25) is 0 Å². The molecule has 0 saturated carbocycles. The Morgan fingerprint density at radius 3 is 2.96 bits per heavy atom. The van der Waals surface area contributed by atoms with Crippen LogP contribution in [0.25, 0.3) is 11.7 Å². The highest BCUT2D eigenvalue weighted by molar-refractivity contribution is 8.04. The zero-order chi connectivity index (χ0) is 14.8. The normalized spacial score (nSPS) is 17.4. The number of nitrogens with zero attached hydrogens (tertiary/aromatic N) is 2. The molecule has 0 aliphatic carbocycles. The topological polar surface area (TPSA) is 29.3 Å². The van der Waals surface area contributed by atoms with E-state index in [1.165, 1.54) is 47.3 Å². The van der Waals surface area contributed by atoms with Crippen molar-refractivity contribution >= 4 is 60.1 Å². The molecule has 0 atom stereocenters. The Labute approximate surface area is 163 Å². The molecule has 1 saturated heterocycles. The molecule has 0 amide bonds. The van der Waals surface area contributed by atoms with Crippen LogP contribution in [0.1, 0.15) is 18.5 Å². The number of thioether (sulfide) groups is 2. The average Bonchev–Trinajstić information content (AvgIpc) is 2.98. The van der Waals surface area contributed by atoms with Gasteiger partial charge < -0.3 is 5.32 Å². The van der Waals surface area contributed by atoms with Crippen LogP contribution in [0.4, 0.5) is 0 Å². The number of halogens is 2. The van der Waals surface area contributed by atoms with Crippen molar-refractivity contribution in [2.75, 3.05) is 18.8 Å². The van der Waals surface area contributed by atoms with Crippen molar-refractivity contribution < 1.29 is 0 Å². The summed E-state index contributed by atoms with van der Waals surface area (Å²) in [5, 5.41) is 6.93. The predicted octanol–water partition coefficient (Wildman–Crippen LogP) is 4.87.